The van der Waals surface area contributed by atoms with Gasteiger partial charge in [0, 0.05) is 25.0 Å². The molecule has 5 heteroatoms. The molecular formula is C11H18N4S. The topological polar surface area (TPSA) is 54.2 Å². The summed E-state index contributed by atoms with van der Waals surface area (Å²) < 4.78 is 0. The molecular weight excluding hydrogens is 220 g/mol. The van der Waals surface area contributed by atoms with Crippen molar-refractivity contribution in [2.45, 2.75) is 6.92 Å². The van der Waals surface area contributed by atoms with Crippen LogP contribution in [-0.4, -0.2) is 41.6 Å². The van der Waals surface area contributed by atoms with Crippen molar-refractivity contribution >= 4 is 22.9 Å². The van der Waals surface area contributed by atoms with Gasteiger partial charge in [0.2, 0.25) is 0 Å². The number of likely N-dealkylation sites (N-methyl/N-ethyl adjacent to an activating group) is 1. The largest absolute Gasteiger partial charge is 0.388 e. The molecule has 3 N–H and O–H groups in total. The number of rotatable bonds is 6. The highest BCUT2D eigenvalue weighted by molar-refractivity contribution is 7.80. The molecule has 1 heterocycles. The van der Waals surface area contributed by atoms with Crippen LogP contribution in [0.2, 0.25) is 0 Å². The SMILES string of the molecule is CCN(C)CCNc1ccnc(C(N)=S)c1. The molecule has 0 aliphatic carbocycles. The van der Waals surface area contributed by atoms with Crippen LogP contribution < -0.4 is 11.1 Å². The summed E-state index contributed by atoms with van der Waals surface area (Å²) in [6, 6.07) is 3.78. The maximum absolute atomic E-state index is 5.51. The zero-order valence-corrected chi connectivity index (χ0v) is 10.5. The number of anilines is 1. The van der Waals surface area contributed by atoms with Crippen molar-refractivity contribution in [3.8, 4) is 0 Å². The van der Waals surface area contributed by atoms with Crippen molar-refractivity contribution < 1.29 is 0 Å². The van der Waals surface area contributed by atoms with Crippen LogP contribution in [0.4, 0.5) is 5.69 Å². The minimum atomic E-state index is 0.328. The summed E-state index contributed by atoms with van der Waals surface area (Å²) in [5.74, 6) is 0. The first kappa shape index (κ1) is 12.9. The van der Waals surface area contributed by atoms with Gasteiger partial charge in [0.1, 0.15) is 4.99 Å². The highest BCUT2D eigenvalue weighted by Gasteiger charge is 1.99. The molecule has 88 valence electrons. The minimum Gasteiger partial charge on any atom is -0.388 e. The highest BCUT2D eigenvalue weighted by Crippen LogP contribution is 2.07. The molecule has 0 spiro atoms. The molecule has 0 unspecified atom stereocenters. The van der Waals surface area contributed by atoms with Crippen molar-refractivity contribution in [1.82, 2.24) is 9.88 Å². The molecule has 0 aliphatic heterocycles. The van der Waals surface area contributed by atoms with Crippen LogP contribution in [-0.2, 0) is 0 Å². The van der Waals surface area contributed by atoms with Gasteiger partial charge >= 0.3 is 0 Å². The molecule has 0 amide bonds. The van der Waals surface area contributed by atoms with E-state index in [-0.39, 0.29) is 0 Å². The summed E-state index contributed by atoms with van der Waals surface area (Å²) in [7, 11) is 2.09. The van der Waals surface area contributed by atoms with Gasteiger partial charge in [0.05, 0.1) is 5.69 Å². The van der Waals surface area contributed by atoms with Crippen molar-refractivity contribution in [3.05, 3.63) is 24.0 Å². The molecule has 0 fully saturated rings. The van der Waals surface area contributed by atoms with E-state index in [0.29, 0.717) is 10.7 Å². The second kappa shape index (κ2) is 6.40. The van der Waals surface area contributed by atoms with Crippen LogP contribution >= 0.6 is 12.2 Å². The first-order chi connectivity index (χ1) is 7.63. The molecule has 4 nitrogen and oxygen atoms in total. The predicted octanol–water partition coefficient (Wildman–Crippen LogP) is 1.08. The third-order valence-electron chi connectivity index (χ3n) is 2.37. The molecule has 0 bridgehead atoms. The number of nitrogens with zero attached hydrogens (tertiary/aromatic N) is 2. The van der Waals surface area contributed by atoms with Crippen molar-refractivity contribution in [1.29, 1.82) is 0 Å². The molecule has 0 radical (unpaired) electrons. The number of thiocarbonyl (C=S) groups is 1. The summed E-state index contributed by atoms with van der Waals surface area (Å²) in [5, 5.41) is 3.31. The fourth-order valence-corrected chi connectivity index (χ4v) is 1.34. The first-order valence-electron chi connectivity index (χ1n) is 5.31. The Balaban J connectivity index is 2.48. The molecule has 1 rings (SSSR count). The molecule has 0 saturated carbocycles. The number of hydrogen-bond donors (Lipinski definition) is 2. The Morgan fingerprint density at radius 1 is 1.62 bits per heavy atom. The van der Waals surface area contributed by atoms with Crippen LogP contribution in [0.1, 0.15) is 12.6 Å². The van der Waals surface area contributed by atoms with Crippen LogP contribution in [0, 0.1) is 0 Å². The molecule has 0 atom stereocenters. The summed E-state index contributed by atoms with van der Waals surface area (Å²) in [4.78, 5) is 6.65. The normalized spacial score (nSPS) is 10.4. The summed E-state index contributed by atoms with van der Waals surface area (Å²) >= 11 is 4.87. The average molecular weight is 238 g/mol. The maximum atomic E-state index is 5.51. The molecule has 0 aliphatic rings. The molecule has 1 aromatic heterocycles. The van der Waals surface area contributed by atoms with Crippen molar-refractivity contribution in [2.24, 2.45) is 5.73 Å². The van der Waals surface area contributed by atoms with Crippen LogP contribution in [0.5, 0.6) is 0 Å². The fourth-order valence-electron chi connectivity index (χ4n) is 1.22. The second-order valence-electron chi connectivity index (χ2n) is 3.62. The van der Waals surface area contributed by atoms with Crippen molar-refractivity contribution in [2.75, 3.05) is 32.0 Å². The van der Waals surface area contributed by atoms with Gasteiger partial charge in [0.15, 0.2) is 0 Å². The first-order valence-corrected chi connectivity index (χ1v) is 5.72. The van der Waals surface area contributed by atoms with E-state index in [1.165, 1.54) is 0 Å². The second-order valence-corrected chi connectivity index (χ2v) is 4.06. The van der Waals surface area contributed by atoms with Gasteiger partial charge in [-0.1, -0.05) is 19.1 Å². The molecule has 0 aromatic carbocycles. The standard InChI is InChI=1S/C11H18N4S/c1-3-15(2)7-6-13-9-4-5-14-10(8-9)11(12)16/h4-5,8H,3,6-7H2,1-2H3,(H2,12,16)(H,13,14). The molecule has 1 aromatic rings. The lowest BCUT2D eigenvalue weighted by molar-refractivity contribution is 0.367. The summed E-state index contributed by atoms with van der Waals surface area (Å²) in [5.41, 5.74) is 7.17. The molecule has 0 saturated heterocycles. The smallest absolute Gasteiger partial charge is 0.122 e. The Bertz CT molecular complexity index is 354. The van der Waals surface area contributed by atoms with Gasteiger partial charge in [0.25, 0.3) is 0 Å². The lowest BCUT2D eigenvalue weighted by atomic mass is 10.3. The van der Waals surface area contributed by atoms with Crippen LogP contribution in [0.15, 0.2) is 18.3 Å². The van der Waals surface area contributed by atoms with Gasteiger partial charge in [-0.15, -0.1) is 0 Å². The third-order valence-corrected chi connectivity index (χ3v) is 2.58. The van der Waals surface area contributed by atoms with Gasteiger partial charge in [-0.3, -0.25) is 4.98 Å². The van der Waals surface area contributed by atoms with Gasteiger partial charge in [-0.25, -0.2) is 0 Å². The van der Waals surface area contributed by atoms with E-state index in [2.05, 4.69) is 29.2 Å². The zero-order chi connectivity index (χ0) is 12.0. The number of aromatic nitrogens is 1. The van der Waals surface area contributed by atoms with E-state index in [4.69, 9.17) is 18.0 Å². The van der Waals surface area contributed by atoms with Gasteiger partial charge < -0.3 is 16.0 Å². The third kappa shape index (κ3) is 4.12. The van der Waals surface area contributed by atoms with Gasteiger partial charge in [-0.2, -0.15) is 0 Å². The summed E-state index contributed by atoms with van der Waals surface area (Å²) in [6.45, 7) is 5.08. The van der Waals surface area contributed by atoms with E-state index >= 15 is 0 Å². The van der Waals surface area contributed by atoms with Crippen LogP contribution in [0.3, 0.4) is 0 Å². The predicted molar refractivity (Wildman–Crippen MR) is 71.8 cm³/mol. The highest BCUT2D eigenvalue weighted by atomic mass is 32.1. The average Bonchev–Trinajstić information content (AvgIpc) is 2.29. The number of nitrogens with one attached hydrogen (secondary N) is 1. The van der Waals surface area contributed by atoms with Gasteiger partial charge in [-0.05, 0) is 25.7 Å². The molecule has 16 heavy (non-hydrogen) atoms. The zero-order valence-electron chi connectivity index (χ0n) is 9.73. The number of pyridine rings is 1. The Labute approximate surface area is 102 Å². The van der Waals surface area contributed by atoms with E-state index in [0.717, 1.165) is 25.3 Å². The fraction of sp³-hybridized carbons (Fsp3) is 0.455. The van der Waals surface area contributed by atoms with E-state index < -0.39 is 0 Å². The lowest BCUT2D eigenvalue weighted by Crippen LogP contribution is -2.24. The van der Waals surface area contributed by atoms with E-state index in [1.54, 1.807) is 6.20 Å². The number of hydrogen-bond acceptors (Lipinski definition) is 4. The Morgan fingerprint density at radius 3 is 3.00 bits per heavy atom. The Kier molecular flexibility index (Phi) is 5.14. The monoisotopic (exact) mass is 238 g/mol. The van der Waals surface area contributed by atoms with Crippen molar-refractivity contribution in [3.63, 3.8) is 0 Å². The van der Waals surface area contributed by atoms with E-state index in [1.807, 2.05) is 12.1 Å². The van der Waals surface area contributed by atoms with Crippen LogP contribution in [0.25, 0.3) is 0 Å². The maximum Gasteiger partial charge on any atom is 0.122 e. The Hall–Kier alpha value is -1.20. The van der Waals surface area contributed by atoms with E-state index in [9.17, 15) is 0 Å². The Morgan fingerprint density at radius 2 is 2.38 bits per heavy atom. The quantitative estimate of drug-likeness (QED) is 0.726. The minimum absolute atomic E-state index is 0.328. The summed E-state index contributed by atoms with van der Waals surface area (Å²) in [6.07, 6.45) is 1.71. The number of nitrogens with two attached hydrogens (primary N) is 1. The lowest BCUT2D eigenvalue weighted by Gasteiger charge is -2.14.